The number of halogens is 3. The Kier molecular flexibility index (Phi) is 5.40. The van der Waals surface area contributed by atoms with Crippen LogP contribution < -0.4 is 4.74 Å². The Balaban J connectivity index is 2.32. The zero-order chi connectivity index (χ0) is 14.7. The van der Waals surface area contributed by atoms with E-state index < -0.39 is 4.83 Å². The van der Waals surface area contributed by atoms with E-state index in [0.29, 0.717) is 5.75 Å². The molecule has 0 saturated heterocycles. The highest BCUT2D eigenvalue weighted by atomic mass is 79.9. The third-order valence-electron chi connectivity index (χ3n) is 2.58. The Bertz CT molecular complexity index is 648. The molecule has 0 aliphatic heterocycles. The minimum absolute atomic E-state index is 0.151. The molecular weight excluding hydrogens is 458 g/mol. The number of hydrogen-bond acceptors (Lipinski definition) is 4. The van der Waals surface area contributed by atoms with Crippen LogP contribution in [0.1, 0.15) is 0 Å². The Morgan fingerprint density at radius 1 is 1.40 bits per heavy atom. The zero-order valence-electron chi connectivity index (χ0n) is 10.4. The second-order valence-electron chi connectivity index (χ2n) is 3.87. The molecule has 20 heavy (non-hydrogen) atoms. The van der Waals surface area contributed by atoms with Gasteiger partial charge in [0, 0.05) is 16.1 Å². The first-order valence-corrected chi connectivity index (χ1v) is 8.12. The molecule has 4 nitrogen and oxygen atoms in total. The lowest BCUT2D eigenvalue weighted by Gasteiger charge is -2.13. The van der Waals surface area contributed by atoms with Crippen molar-refractivity contribution in [1.82, 2.24) is 4.98 Å². The maximum atomic E-state index is 11.4. The van der Waals surface area contributed by atoms with Crippen LogP contribution in [0, 0.1) is 0 Å². The van der Waals surface area contributed by atoms with Gasteiger partial charge >= 0.3 is 5.97 Å². The summed E-state index contributed by atoms with van der Waals surface area (Å²) in [6.45, 7) is 0.151. The molecular formula is C13H10Br3NO3. The number of fused-ring (bicyclic) bond motifs is 1. The van der Waals surface area contributed by atoms with Crippen molar-refractivity contribution in [3.05, 3.63) is 33.3 Å². The number of hydrogen-bond donors (Lipinski definition) is 0. The van der Waals surface area contributed by atoms with Gasteiger partial charge in [-0.15, -0.1) is 0 Å². The summed E-state index contributed by atoms with van der Waals surface area (Å²) in [5.74, 6) is 0.215. The number of alkyl halides is 1. The number of esters is 1. The van der Waals surface area contributed by atoms with Gasteiger partial charge < -0.3 is 9.47 Å². The van der Waals surface area contributed by atoms with E-state index >= 15 is 0 Å². The van der Waals surface area contributed by atoms with Gasteiger partial charge in [0.25, 0.3) is 0 Å². The monoisotopic (exact) mass is 465 g/mol. The van der Waals surface area contributed by atoms with Crippen molar-refractivity contribution in [3.8, 4) is 5.75 Å². The molecule has 1 atom stereocenters. The highest BCUT2D eigenvalue weighted by Gasteiger charge is 2.18. The molecule has 1 aromatic heterocycles. The van der Waals surface area contributed by atoms with E-state index in [-0.39, 0.29) is 12.6 Å². The summed E-state index contributed by atoms with van der Waals surface area (Å²) >= 11 is 10.2. The molecule has 106 valence electrons. The van der Waals surface area contributed by atoms with Gasteiger partial charge in [0.2, 0.25) is 0 Å². The SMILES string of the molecule is COC(=O)C(Br)COc1c(Br)cc(Br)c2cccnc12. The first kappa shape index (κ1) is 15.7. The first-order chi connectivity index (χ1) is 9.54. The van der Waals surface area contributed by atoms with E-state index in [9.17, 15) is 4.79 Å². The van der Waals surface area contributed by atoms with Crippen molar-refractivity contribution in [2.45, 2.75) is 4.83 Å². The number of methoxy groups -OCH3 is 1. The molecule has 0 fully saturated rings. The largest absolute Gasteiger partial charge is 0.488 e. The Morgan fingerprint density at radius 2 is 2.15 bits per heavy atom. The van der Waals surface area contributed by atoms with Crippen molar-refractivity contribution in [3.63, 3.8) is 0 Å². The standard InChI is InChI=1S/C13H10Br3NO3/c1-19-13(18)10(16)6-20-12-9(15)5-8(14)7-3-2-4-17-11(7)12/h2-5,10H,6H2,1H3. The van der Waals surface area contributed by atoms with Crippen molar-refractivity contribution in [1.29, 1.82) is 0 Å². The minimum atomic E-state index is -0.526. The van der Waals surface area contributed by atoms with Gasteiger partial charge in [-0.05, 0) is 28.1 Å². The molecule has 0 saturated carbocycles. The maximum absolute atomic E-state index is 11.4. The topological polar surface area (TPSA) is 48.4 Å². The normalized spacial score (nSPS) is 12.2. The molecule has 0 radical (unpaired) electrons. The van der Waals surface area contributed by atoms with Crippen molar-refractivity contribution in [2.24, 2.45) is 0 Å². The quantitative estimate of drug-likeness (QED) is 0.502. The lowest BCUT2D eigenvalue weighted by Crippen LogP contribution is -2.23. The summed E-state index contributed by atoms with van der Waals surface area (Å²) in [7, 11) is 1.34. The molecule has 0 spiro atoms. The van der Waals surface area contributed by atoms with Gasteiger partial charge in [-0.3, -0.25) is 9.78 Å². The van der Waals surface area contributed by atoms with E-state index in [0.717, 1.165) is 19.8 Å². The van der Waals surface area contributed by atoms with E-state index in [1.54, 1.807) is 6.20 Å². The fourth-order valence-corrected chi connectivity index (χ4v) is 3.34. The number of carbonyl (C=O) groups is 1. The molecule has 0 aliphatic carbocycles. The van der Waals surface area contributed by atoms with Gasteiger partial charge in [0.1, 0.15) is 17.0 Å². The summed E-state index contributed by atoms with van der Waals surface area (Å²) < 4.78 is 12.0. The molecule has 0 amide bonds. The second kappa shape index (κ2) is 6.87. The Morgan fingerprint density at radius 3 is 2.85 bits per heavy atom. The van der Waals surface area contributed by atoms with Crippen LogP contribution in [0.3, 0.4) is 0 Å². The van der Waals surface area contributed by atoms with E-state index in [1.165, 1.54) is 7.11 Å². The predicted octanol–water partition coefficient (Wildman–Crippen LogP) is 4.08. The fourth-order valence-electron chi connectivity index (χ4n) is 1.64. The van der Waals surface area contributed by atoms with Crippen molar-refractivity contribution in [2.75, 3.05) is 13.7 Å². The molecule has 0 N–H and O–H groups in total. The number of carbonyl (C=O) groups excluding carboxylic acids is 1. The van der Waals surface area contributed by atoms with Gasteiger partial charge in [0.15, 0.2) is 5.75 Å². The van der Waals surface area contributed by atoms with Crippen LogP contribution in [-0.2, 0) is 9.53 Å². The fraction of sp³-hybridized carbons (Fsp3) is 0.231. The van der Waals surface area contributed by atoms with Gasteiger partial charge in [-0.1, -0.05) is 37.9 Å². The molecule has 2 aromatic rings. The number of benzene rings is 1. The van der Waals surface area contributed by atoms with Crippen LogP contribution in [0.4, 0.5) is 0 Å². The summed E-state index contributed by atoms with van der Waals surface area (Å²) in [5, 5.41) is 0.940. The molecule has 1 aromatic carbocycles. The van der Waals surface area contributed by atoms with Gasteiger partial charge in [-0.25, -0.2) is 0 Å². The molecule has 2 rings (SSSR count). The number of aromatic nitrogens is 1. The van der Waals surface area contributed by atoms with Gasteiger partial charge in [-0.2, -0.15) is 0 Å². The average molecular weight is 468 g/mol. The predicted molar refractivity (Wildman–Crippen MR) is 87.4 cm³/mol. The summed E-state index contributed by atoms with van der Waals surface area (Å²) in [6, 6.07) is 5.69. The molecule has 1 heterocycles. The van der Waals surface area contributed by atoms with Crippen LogP contribution in [-0.4, -0.2) is 29.5 Å². The van der Waals surface area contributed by atoms with Crippen LogP contribution in [0.25, 0.3) is 10.9 Å². The Labute approximate surface area is 141 Å². The minimum Gasteiger partial charge on any atom is -0.488 e. The first-order valence-electron chi connectivity index (χ1n) is 5.62. The van der Waals surface area contributed by atoms with Crippen molar-refractivity contribution < 1.29 is 14.3 Å². The lowest BCUT2D eigenvalue weighted by molar-refractivity contribution is -0.140. The molecule has 1 unspecified atom stereocenters. The van der Waals surface area contributed by atoms with E-state index in [2.05, 4.69) is 57.5 Å². The Hall–Kier alpha value is -0.660. The van der Waals surface area contributed by atoms with Gasteiger partial charge in [0.05, 0.1) is 11.6 Å². The number of nitrogens with zero attached hydrogens (tertiary/aromatic N) is 1. The molecule has 7 heteroatoms. The van der Waals surface area contributed by atoms with Crippen LogP contribution in [0.15, 0.2) is 33.3 Å². The van der Waals surface area contributed by atoms with E-state index in [4.69, 9.17) is 4.74 Å². The van der Waals surface area contributed by atoms with Crippen LogP contribution in [0.2, 0.25) is 0 Å². The summed E-state index contributed by atoms with van der Waals surface area (Å²) in [5.41, 5.74) is 0.721. The molecule has 0 aliphatic rings. The zero-order valence-corrected chi connectivity index (χ0v) is 15.2. The lowest BCUT2D eigenvalue weighted by atomic mass is 10.2. The summed E-state index contributed by atoms with van der Waals surface area (Å²) in [4.78, 5) is 15.2. The van der Waals surface area contributed by atoms with Crippen LogP contribution >= 0.6 is 47.8 Å². The van der Waals surface area contributed by atoms with E-state index in [1.807, 2.05) is 18.2 Å². The molecule has 0 bridgehead atoms. The number of pyridine rings is 1. The highest BCUT2D eigenvalue weighted by Crippen LogP contribution is 2.37. The maximum Gasteiger partial charge on any atom is 0.322 e. The second-order valence-corrected chi connectivity index (χ2v) is 6.68. The van der Waals surface area contributed by atoms with Crippen LogP contribution in [0.5, 0.6) is 5.75 Å². The highest BCUT2D eigenvalue weighted by molar-refractivity contribution is 9.11. The third kappa shape index (κ3) is 3.32. The van der Waals surface area contributed by atoms with Crippen molar-refractivity contribution >= 4 is 64.7 Å². The number of ether oxygens (including phenoxy) is 2. The number of rotatable bonds is 4. The smallest absolute Gasteiger partial charge is 0.322 e. The third-order valence-corrected chi connectivity index (χ3v) is 4.46. The summed E-state index contributed by atoms with van der Waals surface area (Å²) in [6.07, 6.45) is 1.69. The average Bonchev–Trinajstić information content (AvgIpc) is 2.45.